The molecule has 3 nitrogen and oxygen atoms in total. The van der Waals surface area contributed by atoms with Gasteiger partial charge in [-0.25, -0.2) is 0 Å². The highest BCUT2D eigenvalue weighted by atomic mass is 35.5. The molecule has 0 bridgehead atoms. The van der Waals surface area contributed by atoms with Gasteiger partial charge in [0.05, 0.1) is 29.0 Å². The SMILES string of the molecule is Nc1c(Cl)cccc1NC(CO)c1ccccc1. The fourth-order valence-corrected chi connectivity index (χ4v) is 1.94. The average Bonchev–Trinajstić information content (AvgIpc) is 2.41. The average molecular weight is 263 g/mol. The van der Waals surface area contributed by atoms with E-state index in [0.29, 0.717) is 10.7 Å². The highest BCUT2D eigenvalue weighted by molar-refractivity contribution is 6.33. The summed E-state index contributed by atoms with van der Waals surface area (Å²) in [5, 5.41) is 13.2. The molecule has 1 atom stereocenters. The number of aliphatic hydroxyl groups excluding tert-OH is 1. The van der Waals surface area contributed by atoms with Crippen LogP contribution >= 0.6 is 11.6 Å². The van der Waals surface area contributed by atoms with E-state index in [9.17, 15) is 5.11 Å². The maximum absolute atomic E-state index is 9.46. The number of anilines is 2. The molecule has 0 aliphatic carbocycles. The quantitative estimate of drug-likeness (QED) is 0.742. The van der Waals surface area contributed by atoms with E-state index in [0.717, 1.165) is 11.3 Å². The summed E-state index contributed by atoms with van der Waals surface area (Å²) >= 11 is 5.96. The van der Waals surface area contributed by atoms with Crippen LogP contribution in [0.15, 0.2) is 48.5 Å². The van der Waals surface area contributed by atoms with Crippen molar-refractivity contribution in [1.82, 2.24) is 0 Å². The summed E-state index contributed by atoms with van der Waals surface area (Å²) in [5.74, 6) is 0. The molecular formula is C14H15ClN2O. The molecule has 0 aliphatic rings. The third kappa shape index (κ3) is 2.75. The van der Waals surface area contributed by atoms with Crippen LogP contribution < -0.4 is 11.1 Å². The van der Waals surface area contributed by atoms with Crippen molar-refractivity contribution in [2.75, 3.05) is 17.7 Å². The fraction of sp³-hybridized carbons (Fsp3) is 0.143. The lowest BCUT2D eigenvalue weighted by molar-refractivity contribution is 0.276. The smallest absolute Gasteiger partial charge is 0.0745 e. The number of benzene rings is 2. The van der Waals surface area contributed by atoms with E-state index >= 15 is 0 Å². The Morgan fingerprint density at radius 1 is 1.11 bits per heavy atom. The molecule has 4 N–H and O–H groups in total. The molecule has 0 spiro atoms. The van der Waals surface area contributed by atoms with Crippen molar-refractivity contribution in [3.63, 3.8) is 0 Å². The number of rotatable bonds is 4. The second kappa shape index (κ2) is 5.76. The Kier molecular flexibility index (Phi) is 4.07. The zero-order chi connectivity index (χ0) is 13.0. The summed E-state index contributed by atoms with van der Waals surface area (Å²) in [7, 11) is 0. The van der Waals surface area contributed by atoms with Gasteiger partial charge in [0, 0.05) is 0 Å². The Morgan fingerprint density at radius 3 is 2.50 bits per heavy atom. The number of nitrogens with two attached hydrogens (primary N) is 1. The number of nitrogen functional groups attached to an aromatic ring is 1. The molecular weight excluding hydrogens is 248 g/mol. The lowest BCUT2D eigenvalue weighted by Crippen LogP contribution is -2.15. The van der Waals surface area contributed by atoms with Crippen molar-refractivity contribution in [3.8, 4) is 0 Å². The number of hydrogen-bond donors (Lipinski definition) is 3. The van der Waals surface area contributed by atoms with Gasteiger partial charge in [-0.05, 0) is 17.7 Å². The van der Waals surface area contributed by atoms with Crippen LogP contribution in [0.3, 0.4) is 0 Å². The van der Waals surface area contributed by atoms with Crippen molar-refractivity contribution in [3.05, 3.63) is 59.1 Å². The predicted molar refractivity (Wildman–Crippen MR) is 75.8 cm³/mol. The van der Waals surface area contributed by atoms with Gasteiger partial charge in [-0.1, -0.05) is 48.0 Å². The zero-order valence-electron chi connectivity index (χ0n) is 9.81. The summed E-state index contributed by atoms with van der Waals surface area (Å²) < 4.78 is 0. The molecule has 0 fully saturated rings. The van der Waals surface area contributed by atoms with E-state index in [-0.39, 0.29) is 12.6 Å². The third-order valence-corrected chi connectivity index (χ3v) is 3.10. The summed E-state index contributed by atoms with van der Waals surface area (Å²) in [6, 6.07) is 14.9. The molecule has 0 heterocycles. The summed E-state index contributed by atoms with van der Waals surface area (Å²) in [6.45, 7) is -0.0179. The second-order valence-electron chi connectivity index (χ2n) is 3.99. The van der Waals surface area contributed by atoms with E-state index in [1.54, 1.807) is 6.07 Å². The molecule has 0 amide bonds. The van der Waals surface area contributed by atoms with Crippen LogP contribution in [0.4, 0.5) is 11.4 Å². The van der Waals surface area contributed by atoms with E-state index < -0.39 is 0 Å². The lowest BCUT2D eigenvalue weighted by atomic mass is 10.1. The van der Waals surface area contributed by atoms with Gasteiger partial charge < -0.3 is 16.2 Å². The molecule has 0 saturated heterocycles. The molecule has 18 heavy (non-hydrogen) atoms. The summed E-state index contributed by atoms with van der Waals surface area (Å²) in [4.78, 5) is 0. The van der Waals surface area contributed by atoms with Crippen LogP contribution in [-0.2, 0) is 0 Å². The fourth-order valence-electron chi connectivity index (χ4n) is 1.77. The van der Waals surface area contributed by atoms with Gasteiger partial charge >= 0.3 is 0 Å². The van der Waals surface area contributed by atoms with Crippen molar-refractivity contribution >= 4 is 23.0 Å². The van der Waals surface area contributed by atoms with Crippen molar-refractivity contribution in [2.24, 2.45) is 0 Å². The highest BCUT2D eigenvalue weighted by Crippen LogP contribution is 2.29. The minimum absolute atomic E-state index is 0.0179. The Balaban J connectivity index is 2.24. The van der Waals surface area contributed by atoms with Gasteiger partial charge in [-0.15, -0.1) is 0 Å². The molecule has 0 saturated carbocycles. The maximum Gasteiger partial charge on any atom is 0.0745 e. The van der Waals surface area contributed by atoms with E-state index in [4.69, 9.17) is 17.3 Å². The number of nitrogens with one attached hydrogen (secondary N) is 1. The van der Waals surface area contributed by atoms with Crippen molar-refractivity contribution in [1.29, 1.82) is 0 Å². The molecule has 0 radical (unpaired) electrons. The number of halogens is 1. The first-order chi connectivity index (χ1) is 8.72. The number of para-hydroxylation sites is 1. The predicted octanol–water partition coefficient (Wildman–Crippen LogP) is 3.07. The minimum atomic E-state index is -0.202. The molecule has 0 aromatic heterocycles. The van der Waals surface area contributed by atoms with Gasteiger partial charge in [-0.2, -0.15) is 0 Å². The molecule has 94 valence electrons. The van der Waals surface area contributed by atoms with Gasteiger partial charge in [0.2, 0.25) is 0 Å². The number of aliphatic hydroxyl groups is 1. The maximum atomic E-state index is 9.46. The summed E-state index contributed by atoms with van der Waals surface area (Å²) in [5.41, 5.74) is 8.11. The largest absolute Gasteiger partial charge is 0.396 e. The van der Waals surface area contributed by atoms with Crippen LogP contribution in [0, 0.1) is 0 Å². The Bertz CT molecular complexity index is 516. The zero-order valence-corrected chi connectivity index (χ0v) is 10.6. The monoisotopic (exact) mass is 262 g/mol. The first-order valence-corrected chi connectivity index (χ1v) is 6.06. The molecule has 1 unspecified atom stereocenters. The van der Waals surface area contributed by atoms with Crippen LogP contribution in [-0.4, -0.2) is 11.7 Å². The van der Waals surface area contributed by atoms with Gasteiger partial charge in [-0.3, -0.25) is 0 Å². The first kappa shape index (κ1) is 12.7. The van der Waals surface area contributed by atoms with E-state index in [1.807, 2.05) is 42.5 Å². The van der Waals surface area contributed by atoms with Crippen molar-refractivity contribution < 1.29 is 5.11 Å². The molecule has 2 aromatic rings. The highest BCUT2D eigenvalue weighted by Gasteiger charge is 2.11. The van der Waals surface area contributed by atoms with E-state index in [1.165, 1.54) is 0 Å². The van der Waals surface area contributed by atoms with Crippen LogP contribution in [0.5, 0.6) is 0 Å². The first-order valence-electron chi connectivity index (χ1n) is 5.68. The third-order valence-electron chi connectivity index (χ3n) is 2.77. The molecule has 4 heteroatoms. The molecule has 0 aliphatic heterocycles. The Morgan fingerprint density at radius 2 is 1.83 bits per heavy atom. The van der Waals surface area contributed by atoms with Crippen LogP contribution in [0.2, 0.25) is 5.02 Å². The topological polar surface area (TPSA) is 58.3 Å². The molecule has 2 aromatic carbocycles. The van der Waals surface area contributed by atoms with Crippen LogP contribution in [0.1, 0.15) is 11.6 Å². The normalized spacial score (nSPS) is 12.1. The van der Waals surface area contributed by atoms with Crippen molar-refractivity contribution in [2.45, 2.75) is 6.04 Å². The minimum Gasteiger partial charge on any atom is -0.396 e. The lowest BCUT2D eigenvalue weighted by Gasteiger charge is -2.19. The van der Waals surface area contributed by atoms with Gasteiger partial charge in [0.1, 0.15) is 0 Å². The number of hydrogen-bond acceptors (Lipinski definition) is 3. The van der Waals surface area contributed by atoms with E-state index in [2.05, 4.69) is 5.32 Å². The Hall–Kier alpha value is -1.71. The summed E-state index contributed by atoms with van der Waals surface area (Å²) in [6.07, 6.45) is 0. The standard InChI is InChI=1S/C14H15ClN2O/c15-11-7-4-8-12(14(11)16)17-13(9-18)10-5-2-1-3-6-10/h1-8,13,17-18H,9,16H2. The van der Waals surface area contributed by atoms with Gasteiger partial charge in [0.15, 0.2) is 0 Å². The second-order valence-corrected chi connectivity index (χ2v) is 4.40. The molecule has 2 rings (SSSR count). The van der Waals surface area contributed by atoms with Crippen LogP contribution in [0.25, 0.3) is 0 Å². The van der Waals surface area contributed by atoms with Gasteiger partial charge in [0.25, 0.3) is 0 Å². The Labute approximate surface area is 111 Å².